The van der Waals surface area contributed by atoms with Gasteiger partial charge in [-0.1, -0.05) is 36.4 Å². The van der Waals surface area contributed by atoms with Gasteiger partial charge in [0.1, 0.15) is 5.82 Å². The topological polar surface area (TPSA) is 64.1 Å². The molecule has 1 fully saturated rings. The summed E-state index contributed by atoms with van der Waals surface area (Å²) in [5.74, 6) is -2.45. The molecule has 1 saturated heterocycles. The fraction of sp³-hybridized carbons (Fsp3) is 0.333. The van der Waals surface area contributed by atoms with Crippen LogP contribution < -0.4 is 0 Å². The molecule has 0 aliphatic carbocycles. The minimum atomic E-state index is -2.08. The van der Waals surface area contributed by atoms with Crippen LogP contribution in [0.5, 0.6) is 0 Å². The molecule has 0 aromatic heterocycles. The highest BCUT2D eigenvalue weighted by molar-refractivity contribution is 5.78. The van der Waals surface area contributed by atoms with Crippen molar-refractivity contribution in [1.29, 1.82) is 0 Å². The first-order valence-electron chi connectivity index (χ1n) is 9.35. The molecule has 2 aliphatic heterocycles. The van der Waals surface area contributed by atoms with Gasteiger partial charge in [-0.05, 0) is 35.2 Å². The summed E-state index contributed by atoms with van der Waals surface area (Å²) >= 11 is 0. The average molecular weight is 401 g/mol. The van der Waals surface area contributed by atoms with Crippen LogP contribution in [0.4, 0.5) is 18.4 Å². The molecule has 1 N–H and O–H groups in total. The summed E-state index contributed by atoms with van der Waals surface area (Å²) in [6.45, 7) is -0.200. The lowest BCUT2D eigenvalue weighted by atomic mass is 9.88. The van der Waals surface area contributed by atoms with Crippen LogP contribution in [0, 0.1) is 5.82 Å². The summed E-state index contributed by atoms with van der Waals surface area (Å²) in [6.07, 6.45) is -0.723. The summed E-state index contributed by atoms with van der Waals surface area (Å²) in [5.41, 5.74) is 2.83. The van der Waals surface area contributed by atoms with E-state index in [4.69, 9.17) is 5.11 Å². The number of likely N-dealkylation sites (N-methyl/N-ethyl adjacent to an activating group) is 1. The number of amides is 3. The Labute approximate surface area is 166 Å². The van der Waals surface area contributed by atoms with Crippen molar-refractivity contribution in [3.05, 3.63) is 71.0 Å². The van der Waals surface area contributed by atoms with Gasteiger partial charge in [-0.25, -0.2) is 18.4 Å². The number of alkyl halides is 1. The van der Waals surface area contributed by atoms with Crippen molar-refractivity contribution < 1.29 is 23.5 Å². The van der Waals surface area contributed by atoms with Crippen molar-refractivity contribution in [2.24, 2.45) is 0 Å². The molecule has 6 nitrogen and oxygen atoms in total. The zero-order valence-corrected chi connectivity index (χ0v) is 15.9. The van der Waals surface area contributed by atoms with E-state index in [2.05, 4.69) is 0 Å². The molecule has 0 spiro atoms. The lowest BCUT2D eigenvalue weighted by Crippen LogP contribution is -2.70. The van der Waals surface area contributed by atoms with E-state index >= 15 is 0 Å². The number of benzene rings is 2. The van der Waals surface area contributed by atoms with Gasteiger partial charge in [0.15, 0.2) is 0 Å². The Morgan fingerprint density at radius 2 is 1.79 bits per heavy atom. The first-order valence-corrected chi connectivity index (χ1v) is 9.35. The molecule has 0 bridgehead atoms. The molecule has 8 heteroatoms. The van der Waals surface area contributed by atoms with Crippen LogP contribution >= 0.6 is 0 Å². The second-order valence-corrected chi connectivity index (χ2v) is 7.49. The highest BCUT2D eigenvalue weighted by Gasteiger charge is 2.52. The number of carboxylic acid groups (broad SMARTS) is 1. The molecule has 2 heterocycles. The van der Waals surface area contributed by atoms with E-state index in [1.54, 1.807) is 17.0 Å². The van der Waals surface area contributed by atoms with Crippen LogP contribution in [-0.2, 0) is 6.42 Å². The lowest BCUT2D eigenvalue weighted by molar-refractivity contribution is -0.106. The van der Waals surface area contributed by atoms with Crippen LogP contribution in [0.3, 0.4) is 0 Å². The van der Waals surface area contributed by atoms with E-state index in [0.29, 0.717) is 17.9 Å². The minimum absolute atomic E-state index is 0.317. The number of likely N-dealkylation sites (tertiary alicyclic amines) is 1. The molecule has 1 unspecified atom stereocenters. The van der Waals surface area contributed by atoms with Crippen molar-refractivity contribution in [1.82, 2.24) is 14.7 Å². The largest absolute Gasteiger partial charge is 0.465 e. The molecule has 2 aliphatic rings. The number of halogens is 2. The van der Waals surface area contributed by atoms with Crippen LogP contribution in [0.25, 0.3) is 0 Å². The number of fused-ring (bicyclic) bond motifs is 1. The van der Waals surface area contributed by atoms with Gasteiger partial charge < -0.3 is 14.9 Å². The minimum Gasteiger partial charge on any atom is -0.465 e. The Kier molecular flexibility index (Phi) is 4.64. The maximum Gasteiger partial charge on any atom is 0.409 e. The zero-order chi connectivity index (χ0) is 20.8. The molecule has 2 aromatic carbocycles. The molecule has 0 saturated carbocycles. The highest BCUT2D eigenvalue weighted by atomic mass is 19.1. The number of urea groups is 1. The molecule has 29 heavy (non-hydrogen) atoms. The number of carbonyl (C=O) groups is 2. The number of hydrogen-bond donors (Lipinski definition) is 1. The Morgan fingerprint density at radius 3 is 2.45 bits per heavy atom. The van der Waals surface area contributed by atoms with Crippen LogP contribution in [-0.4, -0.2) is 64.4 Å². The summed E-state index contributed by atoms with van der Waals surface area (Å²) in [6, 6.07) is 13.0. The van der Waals surface area contributed by atoms with Crippen molar-refractivity contribution in [3.8, 4) is 0 Å². The first kappa shape index (κ1) is 19.2. The van der Waals surface area contributed by atoms with Gasteiger partial charge in [0.05, 0.1) is 19.1 Å². The molecule has 152 valence electrons. The van der Waals surface area contributed by atoms with Gasteiger partial charge in [0.2, 0.25) is 5.79 Å². The van der Waals surface area contributed by atoms with E-state index in [0.717, 1.165) is 23.7 Å². The van der Waals surface area contributed by atoms with Crippen LogP contribution in [0.2, 0.25) is 0 Å². The molecule has 0 radical (unpaired) electrons. The number of nitrogens with zero attached hydrogens (tertiary/aromatic N) is 3. The molecular formula is C21H21F2N3O3. The average Bonchev–Trinajstić information content (AvgIpc) is 2.70. The maximum atomic E-state index is 14.7. The lowest BCUT2D eigenvalue weighted by Gasteiger charge is -2.50. The summed E-state index contributed by atoms with van der Waals surface area (Å²) in [4.78, 5) is 27.8. The quantitative estimate of drug-likeness (QED) is 0.784. The van der Waals surface area contributed by atoms with E-state index in [1.165, 1.54) is 17.0 Å². The van der Waals surface area contributed by atoms with E-state index in [1.807, 2.05) is 24.3 Å². The third kappa shape index (κ3) is 3.28. The monoisotopic (exact) mass is 401 g/mol. The third-order valence-electron chi connectivity index (χ3n) is 5.74. The number of rotatable bonds is 2. The van der Waals surface area contributed by atoms with E-state index in [-0.39, 0.29) is 24.9 Å². The van der Waals surface area contributed by atoms with Crippen molar-refractivity contribution in [2.45, 2.75) is 18.3 Å². The zero-order valence-electron chi connectivity index (χ0n) is 15.9. The Balaban J connectivity index is 1.62. The molecule has 4 rings (SSSR count). The van der Waals surface area contributed by atoms with Gasteiger partial charge in [0, 0.05) is 13.6 Å². The maximum absolute atomic E-state index is 14.7. The smallest absolute Gasteiger partial charge is 0.409 e. The molecular weight excluding hydrogens is 380 g/mol. The van der Waals surface area contributed by atoms with Gasteiger partial charge in [-0.15, -0.1) is 0 Å². The summed E-state index contributed by atoms with van der Waals surface area (Å²) in [7, 11) is 1.16. The molecule has 1 atom stereocenters. The van der Waals surface area contributed by atoms with Crippen LogP contribution in [0.15, 0.2) is 48.5 Å². The Morgan fingerprint density at radius 1 is 1.14 bits per heavy atom. The second kappa shape index (κ2) is 7.02. The Hall–Kier alpha value is -3.16. The van der Waals surface area contributed by atoms with Gasteiger partial charge >= 0.3 is 12.1 Å². The van der Waals surface area contributed by atoms with Crippen molar-refractivity contribution in [2.75, 3.05) is 26.7 Å². The predicted molar refractivity (Wildman–Crippen MR) is 102 cm³/mol. The highest BCUT2D eigenvalue weighted by Crippen LogP contribution is 2.38. The first-order chi connectivity index (χ1) is 13.8. The van der Waals surface area contributed by atoms with Crippen LogP contribution in [0.1, 0.15) is 22.7 Å². The normalized spacial score (nSPS) is 19.9. The standard InChI is InChI=1S/C21H21F2N3O3/c1-24(20(28)29)21(23)12-25(13-21)19(27)26-11-10-14-4-2-3-5-17(14)18(26)15-6-8-16(22)9-7-15/h2-9,18H,10-13H2,1H3,(H,28,29). The van der Waals surface area contributed by atoms with Gasteiger partial charge in [0.25, 0.3) is 0 Å². The van der Waals surface area contributed by atoms with E-state index < -0.39 is 17.9 Å². The molecule has 3 amide bonds. The predicted octanol–water partition coefficient (Wildman–Crippen LogP) is 3.48. The Bertz CT molecular complexity index is 944. The SMILES string of the molecule is CN(C(=O)O)C1(F)CN(C(=O)N2CCc3ccccc3C2c2ccc(F)cc2)C1. The van der Waals surface area contributed by atoms with Crippen molar-refractivity contribution in [3.63, 3.8) is 0 Å². The summed E-state index contributed by atoms with van der Waals surface area (Å²) in [5, 5.41) is 9.02. The second-order valence-electron chi connectivity index (χ2n) is 7.49. The third-order valence-corrected chi connectivity index (χ3v) is 5.74. The summed E-state index contributed by atoms with van der Waals surface area (Å²) < 4.78 is 28.2. The van der Waals surface area contributed by atoms with E-state index in [9.17, 15) is 18.4 Å². The van der Waals surface area contributed by atoms with Gasteiger partial charge in [-0.3, -0.25) is 4.90 Å². The van der Waals surface area contributed by atoms with Gasteiger partial charge in [-0.2, -0.15) is 0 Å². The fourth-order valence-electron chi connectivity index (χ4n) is 4.02. The number of carbonyl (C=O) groups excluding carboxylic acids is 1. The van der Waals surface area contributed by atoms with Crippen molar-refractivity contribution >= 4 is 12.1 Å². The number of hydrogen-bond acceptors (Lipinski definition) is 2. The molecule has 2 aromatic rings. The fourth-order valence-corrected chi connectivity index (χ4v) is 4.02.